The monoisotopic (exact) mass is 180 g/mol. The van der Waals surface area contributed by atoms with Crippen molar-refractivity contribution in [3.8, 4) is 0 Å². The molecule has 3 atom stereocenters. The Labute approximate surface area is 80.9 Å². The number of Topliss-reactive ketones (excluding diaryl/α,β-unsaturated/α-hetero) is 1. The highest BCUT2D eigenvalue weighted by Crippen LogP contribution is 2.52. The van der Waals surface area contributed by atoms with E-state index in [9.17, 15) is 4.79 Å². The van der Waals surface area contributed by atoms with Gasteiger partial charge in [-0.2, -0.15) is 0 Å². The van der Waals surface area contributed by atoms with E-state index in [4.69, 9.17) is 0 Å². The summed E-state index contributed by atoms with van der Waals surface area (Å²) < 4.78 is 0. The molecule has 0 saturated heterocycles. The minimum Gasteiger partial charge on any atom is -0.300 e. The number of hydrogen-bond donors (Lipinski definition) is 0. The average Bonchev–Trinajstić information content (AvgIpc) is 2.07. The molecule has 0 aliphatic heterocycles. The van der Waals surface area contributed by atoms with Crippen LogP contribution in [-0.4, -0.2) is 5.78 Å². The van der Waals surface area contributed by atoms with Crippen LogP contribution in [-0.2, 0) is 4.79 Å². The summed E-state index contributed by atoms with van der Waals surface area (Å²) in [5, 5.41) is 0. The van der Waals surface area contributed by atoms with Crippen molar-refractivity contribution in [3.05, 3.63) is 0 Å². The van der Waals surface area contributed by atoms with Gasteiger partial charge in [0.2, 0.25) is 0 Å². The van der Waals surface area contributed by atoms with E-state index in [-0.39, 0.29) is 0 Å². The van der Waals surface area contributed by atoms with E-state index in [1.54, 1.807) is 0 Å². The normalized spacial score (nSPS) is 45.8. The Morgan fingerprint density at radius 2 is 2.08 bits per heavy atom. The lowest BCUT2D eigenvalue weighted by molar-refractivity contribution is -0.129. The highest BCUT2D eigenvalue weighted by Gasteiger charge is 2.45. The molecule has 1 heteroatoms. The molecule has 0 heterocycles. The van der Waals surface area contributed by atoms with Gasteiger partial charge in [0, 0.05) is 12.8 Å². The van der Waals surface area contributed by atoms with Crippen LogP contribution >= 0.6 is 0 Å². The fourth-order valence-corrected chi connectivity index (χ4v) is 3.35. The summed E-state index contributed by atoms with van der Waals surface area (Å²) in [4.78, 5) is 11.5. The lowest BCUT2D eigenvalue weighted by Crippen LogP contribution is -2.42. The predicted molar refractivity (Wildman–Crippen MR) is 53.5 cm³/mol. The van der Waals surface area contributed by atoms with Crippen molar-refractivity contribution < 1.29 is 4.79 Å². The van der Waals surface area contributed by atoms with Crippen LogP contribution in [0.3, 0.4) is 0 Å². The van der Waals surface area contributed by atoms with Gasteiger partial charge in [-0.15, -0.1) is 0 Å². The van der Waals surface area contributed by atoms with Gasteiger partial charge in [-0.3, -0.25) is 4.79 Å². The quantitative estimate of drug-likeness (QED) is 0.559. The first-order chi connectivity index (χ1) is 6.13. The molecule has 3 unspecified atom stereocenters. The van der Waals surface area contributed by atoms with Crippen molar-refractivity contribution in [1.82, 2.24) is 0 Å². The first-order valence-electron chi connectivity index (χ1n) is 5.64. The van der Waals surface area contributed by atoms with Crippen LogP contribution in [0.25, 0.3) is 0 Å². The molecule has 0 aromatic rings. The highest BCUT2D eigenvalue weighted by atomic mass is 16.1. The number of rotatable bonds is 0. The molecule has 0 spiro atoms. The van der Waals surface area contributed by atoms with Crippen LogP contribution in [0.1, 0.15) is 52.4 Å². The van der Waals surface area contributed by atoms with Crippen LogP contribution in [0.5, 0.6) is 0 Å². The highest BCUT2D eigenvalue weighted by molar-refractivity contribution is 5.80. The number of fused-ring (bicyclic) bond motifs is 1. The van der Waals surface area contributed by atoms with Crippen LogP contribution < -0.4 is 0 Å². The van der Waals surface area contributed by atoms with Gasteiger partial charge in [0.25, 0.3) is 0 Å². The first-order valence-corrected chi connectivity index (χ1v) is 5.64. The second-order valence-corrected chi connectivity index (χ2v) is 5.30. The van der Waals surface area contributed by atoms with Gasteiger partial charge in [0.1, 0.15) is 5.78 Å². The Morgan fingerprint density at radius 1 is 1.31 bits per heavy atom. The van der Waals surface area contributed by atoms with Crippen LogP contribution in [0.15, 0.2) is 0 Å². The molecule has 0 amide bonds. The zero-order valence-electron chi connectivity index (χ0n) is 8.81. The van der Waals surface area contributed by atoms with E-state index in [0.717, 1.165) is 12.8 Å². The van der Waals surface area contributed by atoms with E-state index in [1.807, 2.05) is 0 Å². The molecular formula is C12H20O. The second-order valence-electron chi connectivity index (χ2n) is 5.30. The largest absolute Gasteiger partial charge is 0.300 e. The number of carbonyl (C=O) groups is 1. The molecule has 2 rings (SSSR count). The third-order valence-electron chi connectivity index (χ3n) is 4.58. The van der Waals surface area contributed by atoms with Gasteiger partial charge in [-0.05, 0) is 30.1 Å². The van der Waals surface area contributed by atoms with E-state index in [2.05, 4.69) is 13.8 Å². The molecule has 74 valence electrons. The summed E-state index contributed by atoms with van der Waals surface area (Å²) in [5.41, 5.74) is 0.492. The molecule has 1 nitrogen and oxygen atoms in total. The van der Waals surface area contributed by atoms with Crippen molar-refractivity contribution >= 4 is 5.78 Å². The summed E-state index contributed by atoms with van der Waals surface area (Å²) in [7, 11) is 0. The van der Waals surface area contributed by atoms with Crippen LogP contribution in [0.2, 0.25) is 0 Å². The molecule has 13 heavy (non-hydrogen) atoms. The third-order valence-corrected chi connectivity index (χ3v) is 4.58. The van der Waals surface area contributed by atoms with E-state index in [1.165, 1.54) is 25.7 Å². The lowest BCUT2D eigenvalue weighted by Gasteiger charge is -2.48. The summed E-state index contributed by atoms with van der Waals surface area (Å²) in [6.07, 6.45) is 7.10. The van der Waals surface area contributed by atoms with E-state index in [0.29, 0.717) is 23.0 Å². The Balaban J connectivity index is 2.19. The van der Waals surface area contributed by atoms with Gasteiger partial charge in [-0.1, -0.05) is 26.7 Å². The summed E-state index contributed by atoms with van der Waals surface area (Å²) in [5.74, 6) is 1.84. The number of carbonyl (C=O) groups excluding carboxylic acids is 1. The second kappa shape index (κ2) is 3.11. The molecule has 0 N–H and O–H groups in total. The fraction of sp³-hybridized carbons (Fsp3) is 0.917. The van der Waals surface area contributed by atoms with E-state index < -0.39 is 0 Å². The molecular weight excluding hydrogens is 160 g/mol. The van der Waals surface area contributed by atoms with Gasteiger partial charge in [0.05, 0.1) is 0 Å². The molecule has 0 aromatic heterocycles. The topological polar surface area (TPSA) is 17.1 Å². The third kappa shape index (κ3) is 1.43. The van der Waals surface area contributed by atoms with Gasteiger partial charge >= 0.3 is 0 Å². The SMILES string of the molecule is CC1CC(=O)CC2CCCCC12C. The van der Waals surface area contributed by atoms with Crippen LogP contribution in [0, 0.1) is 17.3 Å². The average molecular weight is 180 g/mol. The Hall–Kier alpha value is -0.330. The van der Waals surface area contributed by atoms with Crippen molar-refractivity contribution in [1.29, 1.82) is 0 Å². The molecule has 2 aliphatic rings. The van der Waals surface area contributed by atoms with Gasteiger partial charge in [-0.25, -0.2) is 0 Å². The predicted octanol–water partition coefficient (Wildman–Crippen LogP) is 3.18. The minimum atomic E-state index is 0.492. The molecule has 0 radical (unpaired) electrons. The maximum atomic E-state index is 11.5. The summed E-state index contributed by atoms with van der Waals surface area (Å²) in [6, 6.07) is 0. The van der Waals surface area contributed by atoms with E-state index >= 15 is 0 Å². The summed E-state index contributed by atoms with van der Waals surface area (Å²) >= 11 is 0. The lowest BCUT2D eigenvalue weighted by atomic mass is 9.56. The molecule has 2 fully saturated rings. The Kier molecular flexibility index (Phi) is 2.21. The fourth-order valence-electron chi connectivity index (χ4n) is 3.35. The number of hydrogen-bond acceptors (Lipinski definition) is 1. The van der Waals surface area contributed by atoms with Crippen molar-refractivity contribution in [3.63, 3.8) is 0 Å². The number of ketones is 1. The smallest absolute Gasteiger partial charge is 0.133 e. The molecule has 0 aromatic carbocycles. The molecule has 2 saturated carbocycles. The van der Waals surface area contributed by atoms with Crippen molar-refractivity contribution in [2.45, 2.75) is 52.4 Å². The zero-order chi connectivity index (χ0) is 9.47. The van der Waals surface area contributed by atoms with Gasteiger partial charge < -0.3 is 0 Å². The Morgan fingerprint density at radius 3 is 2.85 bits per heavy atom. The minimum absolute atomic E-state index is 0.492. The first kappa shape index (κ1) is 9.23. The van der Waals surface area contributed by atoms with Crippen molar-refractivity contribution in [2.24, 2.45) is 17.3 Å². The standard InChI is InChI=1S/C12H20O/c1-9-7-11(13)8-10-5-3-4-6-12(9,10)2/h9-10H,3-8H2,1-2H3. The molecule has 0 bridgehead atoms. The van der Waals surface area contributed by atoms with Crippen molar-refractivity contribution in [2.75, 3.05) is 0 Å². The van der Waals surface area contributed by atoms with Gasteiger partial charge in [0.15, 0.2) is 0 Å². The summed E-state index contributed by atoms with van der Waals surface area (Å²) in [6.45, 7) is 4.68. The Bertz CT molecular complexity index is 221. The molecule has 2 aliphatic carbocycles. The maximum Gasteiger partial charge on any atom is 0.133 e. The zero-order valence-corrected chi connectivity index (χ0v) is 8.81. The van der Waals surface area contributed by atoms with Crippen LogP contribution in [0.4, 0.5) is 0 Å². The maximum absolute atomic E-state index is 11.5.